The van der Waals surface area contributed by atoms with Crippen molar-refractivity contribution in [3.05, 3.63) is 73.5 Å². The predicted octanol–water partition coefficient (Wildman–Crippen LogP) is 6.70. The van der Waals surface area contributed by atoms with Crippen LogP contribution < -0.4 is 0 Å². The van der Waals surface area contributed by atoms with Crippen molar-refractivity contribution in [1.29, 1.82) is 0 Å². The Labute approximate surface area is 168 Å². The maximum atomic E-state index is 4.71. The van der Waals surface area contributed by atoms with Gasteiger partial charge in [0, 0.05) is 0 Å². The second-order valence-corrected chi connectivity index (χ2v) is 6.09. The van der Waals surface area contributed by atoms with Gasteiger partial charge in [0.2, 0.25) is 0 Å². The summed E-state index contributed by atoms with van der Waals surface area (Å²) in [6.07, 6.45) is 0. The third-order valence-electron chi connectivity index (χ3n) is 3.53. The van der Waals surface area contributed by atoms with Crippen molar-refractivity contribution in [3.63, 3.8) is 0 Å². The fourth-order valence-corrected chi connectivity index (χ4v) is 2.58. The van der Waals surface area contributed by atoms with Gasteiger partial charge in [-0.1, -0.05) is 12.1 Å². The van der Waals surface area contributed by atoms with Crippen LogP contribution >= 0.6 is 0 Å². The number of aliphatic imine (C=N–C) groups is 2. The van der Waals surface area contributed by atoms with Gasteiger partial charge in [0.15, 0.2) is 0 Å². The Morgan fingerprint density at radius 2 is 0.800 bits per heavy atom. The number of nitrogens with zero attached hydrogens (tertiary/aromatic N) is 2. The van der Waals surface area contributed by atoms with E-state index in [0.29, 0.717) is 0 Å². The molecule has 2 nitrogen and oxygen atoms in total. The summed E-state index contributed by atoms with van der Waals surface area (Å²) in [7, 11) is 0. The maximum absolute atomic E-state index is 4.71. The second kappa shape index (κ2) is 11.2. The monoisotopic (exact) mass is 517 g/mol. The number of rotatable bonds is 3. The minimum Gasteiger partial charge on any atom is -0.358 e. The third kappa shape index (κ3) is 7.92. The van der Waals surface area contributed by atoms with E-state index in [1.54, 1.807) is 0 Å². The molecular formula is C22H30N2Pt+2. The van der Waals surface area contributed by atoms with Gasteiger partial charge in [0.1, 0.15) is 0 Å². The topological polar surface area (TPSA) is 24.7 Å². The molecular weight excluding hydrogens is 487 g/mol. The van der Waals surface area contributed by atoms with Crippen molar-refractivity contribution < 1.29 is 21.1 Å². The van der Waals surface area contributed by atoms with Crippen LogP contribution in [0.4, 0.5) is 11.4 Å². The molecule has 0 bridgehead atoms. The van der Waals surface area contributed by atoms with Crippen LogP contribution in [0.1, 0.15) is 36.1 Å². The van der Waals surface area contributed by atoms with Crippen molar-refractivity contribution >= 4 is 22.8 Å². The predicted molar refractivity (Wildman–Crippen MR) is 110 cm³/mol. The molecule has 0 aliphatic rings. The Morgan fingerprint density at radius 1 is 0.560 bits per heavy atom. The molecule has 0 heterocycles. The standard InChI is InChI=1S/C20H24N2.2CH3.Pt/c1-13-7-14(2)10-19(9-13)21-17(5)18(6)22-20-11-15(3)8-16(4)12-20;;;/h7-12H,1-6H3;2*1H3;/q;2*-1;+4. The van der Waals surface area contributed by atoms with Gasteiger partial charge in [-0.05, 0) is 88.1 Å². The van der Waals surface area contributed by atoms with Crippen LogP contribution in [0, 0.1) is 42.5 Å². The summed E-state index contributed by atoms with van der Waals surface area (Å²) in [6, 6.07) is 12.7. The molecule has 0 fully saturated rings. The molecule has 0 atom stereocenters. The van der Waals surface area contributed by atoms with Gasteiger partial charge in [0.25, 0.3) is 0 Å². The summed E-state index contributed by atoms with van der Waals surface area (Å²) < 4.78 is 0. The Morgan fingerprint density at radius 3 is 1.04 bits per heavy atom. The first-order valence-electron chi connectivity index (χ1n) is 7.61. The molecule has 0 amide bonds. The molecule has 3 heteroatoms. The Bertz CT molecular complexity index is 653. The summed E-state index contributed by atoms with van der Waals surface area (Å²) >= 11 is 0. The van der Waals surface area contributed by atoms with Crippen molar-refractivity contribution in [2.24, 2.45) is 9.98 Å². The van der Waals surface area contributed by atoms with E-state index in [-0.39, 0.29) is 35.9 Å². The molecule has 0 aliphatic heterocycles. The first-order chi connectivity index (χ1) is 10.3. The van der Waals surface area contributed by atoms with Crippen LogP contribution in [0.25, 0.3) is 0 Å². The first kappa shape index (κ1) is 25.7. The normalized spacial score (nSPS) is 11.1. The number of hydrogen-bond donors (Lipinski definition) is 0. The van der Waals surface area contributed by atoms with Crippen molar-refractivity contribution in [2.45, 2.75) is 41.5 Å². The Hall–Kier alpha value is -1.53. The molecule has 2 rings (SSSR count). The van der Waals surface area contributed by atoms with E-state index >= 15 is 0 Å². The van der Waals surface area contributed by atoms with E-state index in [2.05, 4.69) is 64.1 Å². The van der Waals surface area contributed by atoms with E-state index in [4.69, 9.17) is 9.98 Å². The van der Waals surface area contributed by atoms with Crippen molar-refractivity contribution in [1.82, 2.24) is 0 Å². The van der Waals surface area contributed by atoms with E-state index in [1.807, 2.05) is 13.8 Å². The van der Waals surface area contributed by atoms with Crippen LogP contribution in [0.3, 0.4) is 0 Å². The van der Waals surface area contributed by atoms with Gasteiger partial charge in [-0.3, -0.25) is 9.98 Å². The zero-order valence-corrected chi connectivity index (χ0v) is 18.9. The van der Waals surface area contributed by atoms with Crippen LogP contribution in [-0.4, -0.2) is 11.4 Å². The summed E-state index contributed by atoms with van der Waals surface area (Å²) in [5, 5.41) is 0. The molecule has 0 radical (unpaired) electrons. The van der Waals surface area contributed by atoms with Gasteiger partial charge in [-0.15, -0.1) is 0 Å². The van der Waals surface area contributed by atoms with E-state index in [1.165, 1.54) is 22.3 Å². The van der Waals surface area contributed by atoms with Gasteiger partial charge in [-0.25, -0.2) is 0 Å². The molecule has 0 saturated carbocycles. The number of hydrogen-bond acceptors (Lipinski definition) is 2. The van der Waals surface area contributed by atoms with Crippen LogP contribution in [0.15, 0.2) is 46.4 Å². The van der Waals surface area contributed by atoms with Gasteiger partial charge < -0.3 is 14.9 Å². The first-order valence-corrected chi connectivity index (χ1v) is 7.61. The van der Waals surface area contributed by atoms with Crippen molar-refractivity contribution in [2.75, 3.05) is 0 Å². The third-order valence-corrected chi connectivity index (χ3v) is 3.53. The Balaban J connectivity index is 0. The molecule has 0 saturated heterocycles. The van der Waals surface area contributed by atoms with Crippen LogP contribution in [0.2, 0.25) is 0 Å². The molecule has 0 aromatic heterocycles. The zero-order valence-electron chi connectivity index (χ0n) is 16.7. The molecule has 0 aliphatic carbocycles. The van der Waals surface area contributed by atoms with Crippen molar-refractivity contribution in [3.8, 4) is 0 Å². The molecule has 2 aromatic rings. The maximum Gasteiger partial charge on any atom is 4.00 e. The van der Waals surface area contributed by atoms with E-state index in [9.17, 15) is 0 Å². The molecule has 0 N–H and O–H groups in total. The van der Waals surface area contributed by atoms with Gasteiger partial charge in [0.05, 0.1) is 22.8 Å². The number of aryl methyl sites for hydroxylation is 4. The fourth-order valence-electron chi connectivity index (χ4n) is 2.58. The Kier molecular flexibility index (Phi) is 11.5. The summed E-state index contributed by atoms with van der Waals surface area (Å²) in [5.41, 5.74) is 8.81. The van der Waals surface area contributed by atoms with Crippen LogP contribution in [0.5, 0.6) is 0 Å². The summed E-state index contributed by atoms with van der Waals surface area (Å²) in [4.78, 5) is 9.42. The molecule has 25 heavy (non-hydrogen) atoms. The summed E-state index contributed by atoms with van der Waals surface area (Å²) in [5.74, 6) is 0. The zero-order chi connectivity index (χ0) is 16.3. The SMILES string of the molecule is CC(=Nc1cc(C)cc(C)c1)C(C)=Nc1cc(C)cc(C)c1.[CH3-].[CH3-].[Pt+4]. The fraction of sp³-hybridized carbons (Fsp3) is 0.273. The number of benzene rings is 2. The van der Waals surface area contributed by atoms with Gasteiger partial charge >= 0.3 is 21.1 Å². The average Bonchev–Trinajstić information content (AvgIpc) is 2.35. The second-order valence-electron chi connectivity index (χ2n) is 6.09. The average molecular weight is 518 g/mol. The summed E-state index contributed by atoms with van der Waals surface area (Å²) in [6.45, 7) is 12.4. The molecule has 0 spiro atoms. The minimum atomic E-state index is 0. The van der Waals surface area contributed by atoms with E-state index < -0.39 is 0 Å². The van der Waals surface area contributed by atoms with E-state index in [0.717, 1.165) is 22.8 Å². The smallest absolute Gasteiger partial charge is 0.358 e. The molecule has 2 aromatic carbocycles. The molecule has 136 valence electrons. The largest absolute Gasteiger partial charge is 4.00 e. The van der Waals surface area contributed by atoms with Crippen LogP contribution in [-0.2, 0) is 21.1 Å². The quantitative estimate of drug-likeness (QED) is 0.320. The molecule has 0 unspecified atom stereocenters. The van der Waals surface area contributed by atoms with Gasteiger partial charge in [-0.2, -0.15) is 0 Å². The minimum absolute atomic E-state index is 0.